The lowest BCUT2D eigenvalue weighted by molar-refractivity contribution is 0.0953. The number of nitrogens with zero attached hydrogens (tertiary/aromatic N) is 3. The van der Waals surface area contributed by atoms with Gasteiger partial charge in [-0.2, -0.15) is 5.10 Å². The van der Waals surface area contributed by atoms with Crippen LogP contribution < -0.4 is 11.1 Å². The van der Waals surface area contributed by atoms with Crippen molar-refractivity contribution in [1.82, 2.24) is 20.1 Å². The van der Waals surface area contributed by atoms with E-state index in [0.717, 1.165) is 0 Å². The van der Waals surface area contributed by atoms with Crippen LogP contribution in [0.15, 0.2) is 24.9 Å². The molecule has 2 aromatic rings. The number of carbonyl (C=O) groups is 1. The van der Waals surface area contributed by atoms with Crippen molar-refractivity contribution in [2.45, 2.75) is 19.9 Å². The molecule has 0 spiro atoms. The number of nitrogen functional groups attached to an aromatic ring is 1. The lowest BCUT2D eigenvalue weighted by Gasteiger charge is -2.00. The summed E-state index contributed by atoms with van der Waals surface area (Å²) in [6.07, 6.45) is 3.85. The molecule has 0 radical (unpaired) electrons. The molecule has 0 atom stereocenters. The van der Waals surface area contributed by atoms with Gasteiger partial charge in [-0.25, -0.2) is 9.67 Å². The highest BCUT2D eigenvalue weighted by atomic mass is 16.1. The Morgan fingerprint density at radius 2 is 2.43 bits per heavy atom. The molecule has 0 saturated heterocycles. The van der Waals surface area contributed by atoms with Crippen LogP contribution in [0.4, 0.5) is 5.69 Å². The van der Waals surface area contributed by atoms with Gasteiger partial charge < -0.3 is 11.1 Å². The second-order valence-corrected chi connectivity index (χ2v) is 4.35. The number of pyridine rings is 1. The van der Waals surface area contributed by atoms with Crippen LogP contribution in [0, 0.1) is 11.8 Å². The highest BCUT2D eigenvalue weighted by molar-refractivity contribution is 6.08. The van der Waals surface area contributed by atoms with Gasteiger partial charge in [0.2, 0.25) is 0 Å². The summed E-state index contributed by atoms with van der Waals surface area (Å²) in [7, 11) is 0. The predicted molar refractivity (Wildman–Crippen MR) is 82.5 cm³/mol. The van der Waals surface area contributed by atoms with Crippen molar-refractivity contribution in [3.8, 4) is 11.8 Å². The molecule has 3 N–H and O–H groups in total. The van der Waals surface area contributed by atoms with Crippen LogP contribution in [-0.4, -0.2) is 27.2 Å². The molecule has 2 heterocycles. The number of hydrogen-bond acceptors (Lipinski definition) is 4. The average Bonchev–Trinajstić information content (AvgIpc) is 2.86. The summed E-state index contributed by atoms with van der Waals surface area (Å²) in [5, 5.41) is 7.61. The Labute approximate surface area is 123 Å². The molecule has 0 fully saturated rings. The molecule has 0 aliphatic rings. The molecule has 0 unspecified atom stereocenters. The van der Waals surface area contributed by atoms with Crippen LogP contribution >= 0.6 is 0 Å². The van der Waals surface area contributed by atoms with Gasteiger partial charge in [0, 0.05) is 24.8 Å². The Morgan fingerprint density at radius 1 is 1.62 bits per heavy atom. The molecule has 0 bridgehead atoms. The molecule has 108 valence electrons. The van der Waals surface area contributed by atoms with Crippen molar-refractivity contribution in [1.29, 1.82) is 0 Å². The molecule has 0 saturated carbocycles. The van der Waals surface area contributed by atoms with E-state index in [1.54, 1.807) is 29.9 Å². The number of hydrogen-bond donors (Lipinski definition) is 2. The van der Waals surface area contributed by atoms with Gasteiger partial charge in [-0.05, 0) is 13.0 Å². The van der Waals surface area contributed by atoms with Gasteiger partial charge in [0.25, 0.3) is 5.91 Å². The van der Waals surface area contributed by atoms with Crippen molar-refractivity contribution in [3.05, 3.63) is 30.6 Å². The van der Waals surface area contributed by atoms with E-state index in [0.29, 0.717) is 36.2 Å². The minimum Gasteiger partial charge on any atom is -0.398 e. The maximum absolute atomic E-state index is 12.2. The molecule has 6 heteroatoms. The lowest BCUT2D eigenvalue weighted by Crippen LogP contribution is -2.24. The predicted octanol–water partition coefficient (Wildman–Crippen LogP) is 1.34. The number of amides is 1. The molecule has 2 aromatic heterocycles. The number of aryl methyl sites for hydroxylation is 1. The van der Waals surface area contributed by atoms with Gasteiger partial charge in [-0.1, -0.05) is 6.08 Å². The van der Waals surface area contributed by atoms with Crippen LogP contribution in [0.3, 0.4) is 0 Å². The summed E-state index contributed by atoms with van der Waals surface area (Å²) in [5.41, 5.74) is 7.33. The second kappa shape index (κ2) is 6.57. The largest absolute Gasteiger partial charge is 0.398 e. The smallest absolute Gasteiger partial charge is 0.272 e. The van der Waals surface area contributed by atoms with Gasteiger partial charge in [-0.3, -0.25) is 4.79 Å². The van der Waals surface area contributed by atoms with E-state index in [2.05, 4.69) is 33.8 Å². The quantitative estimate of drug-likeness (QED) is 0.640. The number of carbonyl (C=O) groups excluding carboxylic acids is 1. The average molecular weight is 283 g/mol. The second-order valence-electron chi connectivity index (χ2n) is 4.35. The first kappa shape index (κ1) is 14.6. The summed E-state index contributed by atoms with van der Waals surface area (Å²) in [6, 6.07) is 1.66. The first-order chi connectivity index (χ1) is 10.2. The third-order valence-corrected chi connectivity index (χ3v) is 2.91. The fourth-order valence-electron chi connectivity index (χ4n) is 1.97. The topological polar surface area (TPSA) is 85.8 Å². The Morgan fingerprint density at radius 3 is 3.14 bits per heavy atom. The molecule has 2 rings (SSSR count). The van der Waals surface area contributed by atoms with Gasteiger partial charge in [-0.15, -0.1) is 18.4 Å². The Balaban J connectivity index is 2.46. The Bertz CT molecular complexity index is 736. The van der Waals surface area contributed by atoms with E-state index < -0.39 is 0 Å². The summed E-state index contributed by atoms with van der Waals surface area (Å²) in [5.74, 6) is 5.50. The van der Waals surface area contributed by atoms with E-state index in [1.165, 1.54) is 0 Å². The van der Waals surface area contributed by atoms with Crippen molar-refractivity contribution < 1.29 is 4.79 Å². The van der Waals surface area contributed by atoms with E-state index in [9.17, 15) is 4.79 Å². The van der Waals surface area contributed by atoms with E-state index >= 15 is 0 Å². The van der Waals surface area contributed by atoms with E-state index in [4.69, 9.17) is 5.73 Å². The van der Waals surface area contributed by atoms with Crippen molar-refractivity contribution in [3.63, 3.8) is 0 Å². The fourth-order valence-corrected chi connectivity index (χ4v) is 1.97. The molecule has 21 heavy (non-hydrogen) atoms. The fraction of sp³-hybridized carbons (Fsp3) is 0.267. The number of fused-ring (bicyclic) bond motifs is 1. The maximum atomic E-state index is 12.2. The highest BCUT2D eigenvalue weighted by Crippen LogP contribution is 2.23. The van der Waals surface area contributed by atoms with Gasteiger partial charge in [0.1, 0.15) is 0 Å². The SMILES string of the molecule is C=CCNC(=O)c1nn(CCC#CC)c2nccc(N)c12. The minimum absolute atomic E-state index is 0.280. The number of anilines is 1. The standard InChI is InChI=1S/C15H17N5O/c1-3-5-6-10-20-14-12(11(16)7-9-17-14)13(19-20)15(21)18-8-4-2/h4,7,9H,2,6,8,10H2,1H3,(H2,16,17)(H,18,21). The molecular weight excluding hydrogens is 266 g/mol. The van der Waals surface area contributed by atoms with Crippen LogP contribution in [0.1, 0.15) is 23.8 Å². The van der Waals surface area contributed by atoms with Crippen LogP contribution in [-0.2, 0) is 6.54 Å². The van der Waals surface area contributed by atoms with Crippen LogP contribution in [0.25, 0.3) is 11.0 Å². The highest BCUT2D eigenvalue weighted by Gasteiger charge is 2.19. The normalized spacial score (nSPS) is 9.95. The summed E-state index contributed by atoms with van der Waals surface area (Å²) >= 11 is 0. The van der Waals surface area contributed by atoms with Crippen LogP contribution in [0.2, 0.25) is 0 Å². The zero-order valence-electron chi connectivity index (χ0n) is 11.9. The summed E-state index contributed by atoms with van der Waals surface area (Å²) in [4.78, 5) is 16.4. The van der Waals surface area contributed by atoms with E-state index in [1.807, 2.05) is 0 Å². The molecule has 6 nitrogen and oxygen atoms in total. The molecular formula is C15H17N5O. The van der Waals surface area contributed by atoms with E-state index in [-0.39, 0.29) is 11.6 Å². The zero-order chi connectivity index (χ0) is 15.2. The molecule has 1 amide bonds. The third kappa shape index (κ3) is 3.03. The Hall–Kier alpha value is -2.81. The van der Waals surface area contributed by atoms with Gasteiger partial charge >= 0.3 is 0 Å². The van der Waals surface area contributed by atoms with Crippen molar-refractivity contribution in [2.24, 2.45) is 0 Å². The number of nitrogens with one attached hydrogen (secondary N) is 1. The first-order valence-corrected chi connectivity index (χ1v) is 6.58. The maximum Gasteiger partial charge on any atom is 0.272 e. The van der Waals surface area contributed by atoms with Gasteiger partial charge in [0.15, 0.2) is 11.3 Å². The van der Waals surface area contributed by atoms with Crippen LogP contribution in [0.5, 0.6) is 0 Å². The number of rotatable bonds is 5. The molecule has 0 aliphatic carbocycles. The Kier molecular flexibility index (Phi) is 4.57. The summed E-state index contributed by atoms with van der Waals surface area (Å²) < 4.78 is 1.67. The molecule has 0 aliphatic heterocycles. The number of aromatic nitrogens is 3. The molecule has 0 aromatic carbocycles. The lowest BCUT2D eigenvalue weighted by atomic mass is 10.2. The minimum atomic E-state index is -0.292. The zero-order valence-corrected chi connectivity index (χ0v) is 11.9. The van der Waals surface area contributed by atoms with Crippen molar-refractivity contribution >= 4 is 22.6 Å². The first-order valence-electron chi connectivity index (χ1n) is 6.58. The monoisotopic (exact) mass is 283 g/mol. The van der Waals surface area contributed by atoms with Gasteiger partial charge in [0.05, 0.1) is 11.9 Å². The summed E-state index contributed by atoms with van der Waals surface area (Å²) in [6.45, 7) is 6.28. The third-order valence-electron chi connectivity index (χ3n) is 2.91. The number of nitrogens with two attached hydrogens (primary N) is 1. The van der Waals surface area contributed by atoms with Crippen molar-refractivity contribution in [2.75, 3.05) is 12.3 Å².